The van der Waals surface area contributed by atoms with Gasteiger partial charge in [-0.15, -0.1) is 0 Å². The number of hydrogen-bond acceptors (Lipinski definition) is 2. The van der Waals surface area contributed by atoms with Gasteiger partial charge in [-0.2, -0.15) is 0 Å². The molecule has 0 spiro atoms. The highest BCUT2D eigenvalue weighted by Gasteiger charge is 2.36. The maximum atomic E-state index is 13.9. The minimum Gasteiger partial charge on any atom is -0.374 e. The summed E-state index contributed by atoms with van der Waals surface area (Å²) in [5, 5.41) is 8.67. The molecule has 4 heteroatoms. The van der Waals surface area contributed by atoms with Crippen molar-refractivity contribution in [1.82, 2.24) is 4.90 Å². The summed E-state index contributed by atoms with van der Waals surface area (Å²) >= 11 is 0. The van der Waals surface area contributed by atoms with Gasteiger partial charge < -0.3 is 4.90 Å². The zero-order valence-electron chi connectivity index (χ0n) is 20.6. The Morgan fingerprint density at radius 3 is 2.55 bits per heavy atom. The number of hydrogen-bond donors (Lipinski definition) is 1. The molecule has 0 amide bonds. The van der Waals surface area contributed by atoms with Gasteiger partial charge in [0.25, 0.3) is 0 Å². The summed E-state index contributed by atoms with van der Waals surface area (Å²) < 4.78 is 13.9. The summed E-state index contributed by atoms with van der Waals surface area (Å²) in [4.78, 5) is 7.41. The smallest absolute Gasteiger partial charge is 0.152 e. The van der Waals surface area contributed by atoms with Crippen molar-refractivity contribution in [3.05, 3.63) is 58.6 Å². The predicted molar refractivity (Wildman–Crippen MR) is 135 cm³/mol. The van der Waals surface area contributed by atoms with E-state index in [1.807, 2.05) is 6.92 Å². The van der Waals surface area contributed by atoms with E-state index in [2.05, 4.69) is 31.0 Å². The number of halogens is 1. The van der Waals surface area contributed by atoms with Gasteiger partial charge in [0.1, 0.15) is 5.82 Å². The zero-order valence-corrected chi connectivity index (χ0v) is 20.6. The van der Waals surface area contributed by atoms with Gasteiger partial charge in [-0.1, -0.05) is 31.4 Å². The molecule has 0 saturated heterocycles. The standard InChI is InChI=1S/C29H39FN3/c1-20-15-18-24(30)19-26(20)29(31)32-21(2)27(22-16-17-22)28(23-11-7-4-5-8-12-23)33(3)25-13-9-6-10-14-25/h4,15,18-19,22-23,25,31H,6-14,16-17H2,1-3H3/b28-27-,31-29?,32-21?. The third-order valence-electron chi connectivity index (χ3n) is 7.72. The average molecular weight is 449 g/mol. The Morgan fingerprint density at radius 1 is 1.06 bits per heavy atom. The summed E-state index contributed by atoms with van der Waals surface area (Å²) in [6.45, 7) is 4.00. The lowest BCUT2D eigenvalue weighted by Gasteiger charge is -2.39. The van der Waals surface area contributed by atoms with Crippen molar-refractivity contribution in [2.45, 2.75) is 90.5 Å². The Morgan fingerprint density at radius 2 is 1.82 bits per heavy atom. The van der Waals surface area contributed by atoms with E-state index in [4.69, 9.17) is 10.4 Å². The molecule has 2 fully saturated rings. The lowest BCUT2D eigenvalue weighted by Crippen LogP contribution is -2.37. The predicted octanol–water partition coefficient (Wildman–Crippen LogP) is 7.40. The number of benzene rings is 1. The summed E-state index contributed by atoms with van der Waals surface area (Å²) in [5.41, 5.74) is 5.27. The van der Waals surface area contributed by atoms with Crippen LogP contribution in [0.5, 0.6) is 0 Å². The molecule has 33 heavy (non-hydrogen) atoms. The van der Waals surface area contributed by atoms with Crippen molar-refractivity contribution in [3.63, 3.8) is 0 Å². The molecule has 3 nitrogen and oxygen atoms in total. The van der Waals surface area contributed by atoms with Crippen LogP contribution in [0.1, 0.15) is 88.7 Å². The van der Waals surface area contributed by atoms with Crippen LogP contribution in [0.3, 0.4) is 0 Å². The molecule has 0 aromatic heterocycles. The van der Waals surface area contributed by atoms with E-state index < -0.39 is 0 Å². The molecule has 1 radical (unpaired) electrons. The summed E-state index contributed by atoms with van der Waals surface area (Å²) in [5.74, 6) is 0.898. The van der Waals surface area contributed by atoms with E-state index in [0.29, 0.717) is 23.4 Å². The molecular weight excluding hydrogens is 409 g/mol. The fourth-order valence-electron chi connectivity index (χ4n) is 5.73. The highest BCUT2D eigenvalue weighted by Crippen LogP contribution is 2.44. The number of nitrogens with one attached hydrogen (secondary N) is 1. The van der Waals surface area contributed by atoms with Crippen LogP contribution >= 0.6 is 0 Å². The number of allylic oxidation sites excluding steroid dienone is 4. The molecule has 2 saturated carbocycles. The van der Waals surface area contributed by atoms with Gasteiger partial charge in [0.2, 0.25) is 0 Å². The van der Waals surface area contributed by atoms with E-state index in [1.165, 1.54) is 68.3 Å². The van der Waals surface area contributed by atoms with Crippen LogP contribution in [0, 0.1) is 36.1 Å². The Hall–Kier alpha value is -2.23. The van der Waals surface area contributed by atoms with Gasteiger partial charge in [0, 0.05) is 30.1 Å². The van der Waals surface area contributed by atoms with E-state index in [1.54, 1.807) is 6.07 Å². The van der Waals surface area contributed by atoms with E-state index >= 15 is 0 Å². The highest BCUT2D eigenvalue weighted by atomic mass is 19.1. The molecule has 4 rings (SSSR count). The second kappa shape index (κ2) is 10.8. The molecule has 0 bridgehead atoms. The van der Waals surface area contributed by atoms with Crippen molar-refractivity contribution in [1.29, 1.82) is 5.41 Å². The fraction of sp³-hybridized carbons (Fsp3) is 0.586. The van der Waals surface area contributed by atoms with Gasteiger partial charge >= 0.3 is 0 Å². The average Bonchev–Trinajstić information content (AvgIpc) is 3.66. The monoisotopic (exact) mass is 448 g/mol. The highest BCUT2D eigenvalue weighted by molar-refractivity contribution is 6.11. The largest absolute Gasteiger partial charge is 0.374 e. The summed E-state index contributed by atoms with van der Waals surface area (Å²) in [6, 6.07) is 5.22. The van der Waals surface area contributed by atoms with Crippen LogP contribution in [0.15, 0.2) is 40.5 Å². The van der Waals surface area contributed by atoms with Crippen LogP contribution in [0.2, 0.25) is 0 Å². The van der Waals surface area contributed by atoms with E-state index in [-0.39, 0.29) is 11.7 Å². The number of aliphatic imine (C=N–C) groups is 1. The maximum Gasteiger partial charge on any atom is 0.152 e. The van der Waals surface area contributed by atoms with Crippen molar-refractivity contribution in [2.75, 3.05) is 7.05 Å². The van der Waals surface area contributed by atoms with Crippen molar-refractivity contribution in [2.24, 2.45) is 16.8 Å². The van der Waals surface area contributed by atoms with Gasteiger partial charge in [-0.05, 0) is 106 Å². The molecule has 0 heterocycles. The van der Waals surface area contributed by atoms with Gasteiger partial charge in [-0.25, -0.2) is 9.38 Å². The molecule has 1 aromatic carbocycles. The summed E-state index contributed by atoms with van der Waals surface area (Å²) in [7, 11) is 2.31. The van der Waals surface area contributed by atoms with E-state index in [0.717, 1.165) is 37.0 Å². The van der Waals surface area contributed by atoms with Crippen LogP contribution in [-0.2, 0) is 0 Å². The van der Waals surface area contributed by atoms with Gasteiger partial charge in [-0.3, -0.25) is 5.41 Å². The molecule has 1 aromatic rings. The third-order valence-corrected chi connectivity index (χ3v) is 7.72. The van der Waals surface area contributed by atoms with Crippen LogP contribution < -0.4 is 0 Å². The first-order chi connectivity index (χ1) is 16.0. The normalized spacial score (nSPS) is 21.5. The fourth-order valence-corrected chi connectivity index (χ4v) is 5.73. The number of nitrogens with zero attached hydrogens (tertiary/aromatic N) is 2. The second-order valence-electron chi connectivity index (χ2n) is 10.2. The number of aryl methyl sites for hydroxylation is 1. The third kappa shape index (κ3) is 5.83. The first-order valence-electron chi connectivity index (χ1n) is 12.9. The zero-order chi connectivity index (χ0) is 23.4. The molecular formula is C29H39FN3. The minimum absolute atomic E-state index is 0.165. The van der Waals surface area contributed by atoms with Gasteiger partial charge in [0.05, 0.1) is 0 Å². The quantitative estimate of drug-likeness (QED) is 0.357. The number of amidine groups is 1. The lowest BCUT2D eigenvalue weighted by atomic mass is 9.86. The van der Waals surface area contributed by atoms with Crippen molar-refractivity contribution in [3.8, 4) is 0 Å². The second-order valence-corrected chi connectivity index (χ2v) is 10.2. The van der Waals surface area contributed by atoms with Crippen molar-refractivity contribution < 1.29 is 4.39 Å². The Kier molecular flexibility index (Phi) is 7.82. The molecule has 3 aliphatic carbocycles. The molecule has 3 aliphatic rings. The van der Waals surface area contributed by atoms with Crippen LogP contribution in [-0.4, -0.2) is 29.5 Å². The lowest BCUT2D eigenvalue weighted by molar-refractivity contribution is 0.208. The summed E-state index contributed by atoms with van der Waals surface area (Å²) in [6.07, 6.45) is 19.0. The number of rotatable bonds is 6. The topological polar surface area (TPSA) is 39.5 Å². The molecule has 0 aliphatic heterocycles. The van der Waals surface area contributed by atoms with Gasteiger partial charge in [0.15, 0.2) is 5.84 Å². The first kappa shape index (κ1) is 23.9. The van der Waals surface area contributed by atoms with Crippen LogP contribution in [0.4, 0.5) is 4.39 Å². The Bertz CT molecular complexity index is 938. The minimum atomic E-state index is -0.314. The van der Waals surface area contributed by atoms with Crippen molar-refractivity contribution >= 4 is 11.5 Å². The molecule has 1 unspecified atom stereocenters. The van der Waals surface area contributed by atoms with Crippen LogP contribution in [0.25, 0.3) is 0 Å². The SMILES string of the molecule is CC(=NC(=N)c1cc(F)ccc1C)/C(=C(\C1CC[C]=CCC1)N(C)C1CCCCC1)C1CC1. The molecule has 1 atom stereocenters. The maximum absolute atomic E-state index is 13.9. The van der Waals surface area contributed by atoms with E-state index in [9.17, 15) is 4.39 Å². The Labute approximate surface area is 199 Å². The Balaban J connectivity index is 1.74. The molecule has 177 valence electrons. The first-order valence-corrected chi connectivity index (χ1v) is 12.9. The molecule has 1 N–H and O–H groups in total.